The van der Waals surface area contributed by atoms with E-state index >= 15 is 0 Å². The topological polar surface area (TPSA) is 31.4 Å². The number of pyridine rings is 1. The Balaban J connectivity index is 2.47. The van der Waals surface area contributed by atoms with Crippen molar-refractivity contribution in [1.82, 2.24) is 4.98 Å². The minimum Gasteiger partial charge on any atom is -0.487 e. The normalized spacial score (nSPS) is 12.5. The van der Waals surface area contributed by atoms with E-state index < -0.39 is 0 Å². The molecule has 1 rings (SSSR count). The third kappa shape index (κ3) is 3.64. The van der Waals surface area contributed by atoms with Crippen molar-refractivity contribution < 1.29 is 9.47 Å². The first kappa shape index (κ1) is 11.5. The van der Waals surface area contributed by atoms with E-state index in [-0.39, 0.29) is 6.10 Å². The Morgan fingerprint density at radius 1 is 1.57 bits per heavy atom. The van der Waals surface area contributed by atoms with E-state index in [0.717, 1.165) is 10.2 Å². The zero-order valence-electron chi connectivity index (χ0n) is 8.37. The maximum Gasteiger partial charge on any atom is 0.137 e. The van der Waals surface area contributed by atoms with Gasteiger partial charge in [0.05, 0.1) is 11.1 Å². The summed E-state index contributed by atoms with van der Waals surface area (Å²) in [6.45, 7) is 5.26. The quantitative estimate of drug-likeness (QED) is 0.815. The monoisotopic (exact) mass is 259 g/mol. The molecule has 0 saturated carbocycles. The standard InChI is InChI=1S/C10H14BrNO2/c1-3-13-7-8(2)14-10-4-5-12-6-9(10)11/h4-6,8H,3,7H2,1-2H3. The molecule has 1 unspecified atom stereocenters. The Morgan fingerprint density at radius 2 is 2.36 bits per heavy atom. The van der Waals surface area contributed by atoms with Crippen molar-refractivity contribution in [2.45, 2.75) is 20.0 Å². The van der Waals surface area contributed by atoms with Crippen molar-refractivity contribution in [1.29, 1.82) is 0 Å². The van der Waals surface area contributed by atoms with Crippen molar-refractivity contribution >= 4 is 15.9 Å². The van der Waals surface area contributed by atoms with Gasteiger partial charge in [0.25, 0.3) is 0 Å². The number of rotatable bonds is 5. The summed E-state index contributed by atoms with van der Waals surface area (Å²) in [5.74, 6) is 0.798. The highest BCUT2D eigenvalue weighted by molar-refractivity contribution is 9.10. The third-order valence-corrected chi connectivity index (χ3v) is 2.22. The summed E-state index contributed by atoms with van der Waals surface area (Å²) in [6.07, 6.45) is 3.46. The molecule has 0 aliphatic rings. The average Bonchev–Trinajstić information content (AvgIpc) is 2.18. The van der Waals surface area contributed by atoms with Crippen LogP contribution in [0.1, 0.15) is 13.8 Å². The van der Waals surface area contributed by atoms with Crippen LogP contribution in [-0.2, 0) is 4.74 Å². The highest BCUT2D eigenvalue weighted by atomic mass is 79.9. The Kier molecular flexibility index (Phi) is 4.90. The molecule has 0 spiro atoms. The van der Waals surface area contributed by atoms with E-state index in [9.17, 15) is 0 Å². The molecular formula is C10H14BrNO2. The predicted octanol–water partition coefficient (Wildman–Crippen LogP) is 2.65. The molecule has 0 bridgehead atoms. The highest BCUT2D eigenvalue weighted by Gasteiger charge is 2.06. The molecule has 0 aliphatic carbocycles. The molecule has 4 heteroatoms. The Morgan fingerprint density at radius 3 is 3.00 bits per heavy atom. The van der Waals surface area contributed by atoms with Crippen molar-refractivity contribution in [3.63, 3.8) is 0 Å². The van der Waals surface area contributed by atoms with Gasteiger partial charge >= 0.3 is 0 Å². The molecule has 1 aromatic rings. The number of halogens is 1. The zero-order chi connectivity index (χ0) is 10.4. The van der Waals surface area contributed by atoms with Crippen LogP contribution in [0.3, 0.4) is 0 Å². The van der Waals surface area contributed by atoms with Gasteiger partial charge in [-0.3, -0.25) is 4.98 Å². The highest BCUT2D eigenvalue weighted by Crippen LogP contribution is 2.23. The molecule has 0 amide bonds. The fraction of sp³-hybridized carbons (Fsp3) is 0.500. The van der Waals surface area contributed by atoms with Gasteiger partial charge in [-0.1, -0.05) is 0 Å². The van der Waals surface area contributed by atoms with E-state index in [4.69, 9.17) is 9.47 Å². The summed E-state index contributed by atoms with van der Waals surface area (Å²) in [4.78, 5) is 3.96. The van der Waals surface area contributed by atoms with E-state index in [1.807, 2.05) is 19.9 Å². The number of hydrogen-bond acceptors (Lipinski definition) is 3. The van der Waals surface area contributed by atoms with Crippen LogP contribution in [-0.4, -0.2) is 24.3 Å². The van der Waals surface area contributed by atoms with Gasteiger partial charge in [0, 0.05) is 19.0 Å². The summed E-state index contributed by atoms with van der Waals surface area (Å²) in [5.41, 5.74) is 0. The lowest BCUT2D eigenvalue weighted by molar-refractivity contribution is 0.0653. The first-order chi connectivity index (χ1) is 6.74. The lowest BCUT2D eigenvalue weighted by atomic mass is 10.4. The third-order valence-electron chi connectivity index (χ3n) is 1.62. The smallest absolute Gasteiger partial charge is 0.137 e. The van der Waals surface area contributed by atoms with Gasteiger partial charge in [0.2, 0.25) is 0 Å². The van der Waals surface area contributed by atoms with E-state index in [1.165, 1.54) is 0 Å². The van der Waals surface area contributed by atoms with Crippen LogP contribution in [0.15, 0.2) is 22.9 Å². The van der Waals surface area contributed by atoms with Crippen LogP contribution in [0.4, 0.5) is 0 Å². The number of nitrogens with zero attached hydrogens (tertiary/aromatic N) is 1. The van der Waals surface area contributed by atoms with Crippen LogP contribution >= 0.6 is 15.9 Å². The lowest BCUT2D eigenvalue weighted by Gasteiger charge is -2.14. The van der Waals surface area contributed by atoms with Gasteiger partial charge in [-0.25, -0.2) is 0 Å². The molecule has 78 valence electrons. The Hall–Kier alpha value is -0.610. The average molecular weight is 260 g/mol. The summed E-state index contributed by atoms with van der Waals surface area (Å²) < 4.78 is 11.8. The number of ether oxygens (including phenoxy) is 2. The summed E-state index contributed by atoms with van der Waals surface area (Å²) in [6, 6.07) is 1.83. The number of aromatic nitrogens is 1. The van der Waals surface area contributed by atoms with Gasteiger partial charge in [0.1, 0.15) is 11.9 Å². The van der Waals surface area contributed by atoms with E-state index in [2.05, 4.69) is 20.9 Å². The predicted molar refractivity (Wildman–Crippen MR) is 58.5 cm³/mol. The van der Waals surface area contributed by atoms with Crippen LogP contribution in [0, 0.1) is 0 Å². The Labute approximate surface area is 92.6 Å². The summed E-state index contributed by atoms with van der Waals surface area (Å²) >= 11 is 3.36. The SMILES string of the molecule is CCOCC(C)Oc1ccncc1Br. The van der Waals surface area contributed by atoms with Gasteiger partial charge < -0.3 is 9.47 Å². The second-order valence-electron chi connectivity index (χ2n) is 2.89. The fourth-order valence-electron chi connectivity index (χ4n) is 0.993. The van der Waals surface area contributed by atoms with Gasteiger partial charge in [-0.05, 0) is 35.8 Å². The van der Waals surface area contributed by atoms with Gasteiger partial charge in [-0.2, -0.15) is 0 Å². The summed E-state index contributed by atoms with van der Waals surface area (Å²) in [5, 5.41) is 0. The molecule has 1 heterocycles. The van der Waals surface area contributed by atoms with Crippen LogP contribution in [0.2, 0.25) is 0 Å². The zero-order valence-corrected chi connectivity index (χ0v) is 9.95. The Bertz CT molecular complexity index is 281. The molecule has 1 atom stereocenters. The maximum atomic E-state index is 5.64. The van der Waals surface area contributed by atoms with Gasteiger partial charge in [-0.15, -0.1) is 0 Å². The molecule has 0 aromatic carbocycles. The molecular weight excluding hydrogens is 246 g/mol. The molecule has 0 saturated heterocycles. The largest absolute Gasteiger partial charge is 0.487 e. The molecule has 0 N–H and O–H groups in total. The van der Waals surface area contributed by atoms with E-state index in [0.29, 0.717) is 13.2 Å². The first-order valence-electron chi connectivity index (χ1n) is 4.58. The van der Waals surface area contributed by atoms with Crippen molar-refractivity contribution in [2.24, 2.45) is 0 Å². The maximum absolute atomic E-state index is 5.64. The van der Waals surface area contributed by atoms with Crippen LogP contribution in [0.25, 0.3) is 0 Å². The molecule has 1 aromatic heterocycles. The van der Waals surface area contributed by atoms with Crippen LogP contribution in [0.5, 0.6) is 5.75 Å². The van der Waals surface area contributed by atoms with Crippen molar-refractivity contribution in [3.8, 4) is 5.75 Å². The fourth-order valence-corrected chi connectivity index (χ4v) is 1.34. The lowest BCUT2D eigenvalue weighted by Crippen LogP contribution is -2.19. The van der Waals surface area contributed by atoms with Gasteiger partial charge in [0.15, 0.2) is 0 Å². The molecule has 3 nitrogen and oxygen atoms in total. The molecule has 0 fully saturated rings. The molecule has 0 aliphatic heterocycles. The second kappa shape index (κ2) is 5.98. The van der Waals surface area contributed by atoms with Crippen molar-refractivity contribution in [2.75, 3.05) is 13.2 Å². The molecule has 14 heavy (non-hydrogen) atoms. The minimum absolute atomic E-state index is 0.0497. The minimum atomic E-state index is 0.0497. The van der Waals surface area contributed by atoms with Crippen LogP contribution < -0.4 is 4.74 Å². The summed E-state index contributed by atoms with van der Waals surface area (Å²) in [7, 11) is 0. The van der Waals surface area contributed by atoms with E-state index in [1.54, 1.807) is 12.4 Å². The second-order valence-corrected chi connectivity index (χ2v) is 3.75. The van der Waals surface area contributed by atoms with Crippen molar-refractivity contribution in [3.05, 3.63) is 22.9 Å². The number of hydrogen-bond donors (Lipinski definition) is 0. The molecule has 0 radical (unpaired) electrons. The first-order valence-corrected chi connectivity index (χ1v) is 5.37.